The molecule has 21 heavy (non-hydrogen) atoms. The summed E-state index contributed by atoms with van der Waals surface area (Å²) in [6.45, 7) is 1.79. The summed E-state index contributed by atoms with van der Waals surface area (Å²) < 4.78 is 28.6. The summed E-state index contributed by atoms with van der Waals surface area (Å²) in [5.74, 6) is -2.13. The first kappa shape index (κ1) is 15.0. The normalized spacial score (nSPS) is 12.3. The molecule has 1 N–H and O–H groups in total. The summed E-state index contributed by atoms with van der Waals surface area (Å²) >= 11 is 0. The average Bonchev–Trinajstić information content (AvgIpc) is 2.88. The van der Waals surface area contributed by atoms with E-state index in [0.29, 0.717) is 6.42 Å². The molecule has 1 unspecified atom stereocenters. The molecule has 1 aromatic heterocycles. The van der Waals surface area contributed by atoms with Crippen LogP contribution in [0.1, 0.15) is 37.2 Å². The summed E-state index contributed by atoms with van der Waals surface area (Å²) in [5, 5.41) is 19.8. The van der Waals surface area contributed by atoms with E-state index in [-0.39, 0.29) is 24.2 Å². The van der Waals surface area contributed by atoms with Crippen molar-refractivity contribution >= 4 is 5.97 Å². The first-order valence-corrected chi connectivity index (χ1v) is 6.44. The van der Waals surface area contributed by atoms with Gasteiger partial charge < -0.3 is 5.11 Å². The molecule has 0 spiro atoms. The topological polar surface area (TPSA) is 80.9 Å². The number of hydrogen-bond donors (Lipinski definition) is 1. The van der Waals surface area contributed by atoms with Gasteiger partial charge in [-0.15, -0.1) is 5.10 Å². The van der Waals surface area contributed by atoms with Gasteiger partial charge in [-0.05, 0) is 29.0 Å². The van der Waals surface area contributed by atoms with Crippen molar-refractivity contribution in [3.05, 3.63) is 41.2 Å². The van der Waals surface area contributed by atoms with Crippen LogP contribution in [0, 0.1) is 11.6 Å². The van der Waals surface area contributed by atoms with Crippen LogP contribution < -0.4 is 0 Å². The number of carbonyl (C=O) groups is 1. The Labute approximate surface area is 119 Å². The molecule has 0 aliphatic carbocycles. The lowest BCUT2D eigenvalue weighted by Crippen LogP contribution is -2.17. The third-order valence-corrected chi connectivity index (χ3v) is 3.18. The maximum Gasteiger partial charge on any atom is 0.305 e. The van der Waals surface area contributed by atoms with Crippen LogP contribution in [0.2, 0.25) is 0 Å². The van der Waals surface area contributed by atoms with Crippen LogP contribution in [-0.4, -0.2) is 31.3 Å². The van der Waals surface area contributed by atoms with Crippen molar-refractivity contribution in [1.82, 2.24) is 20.2 Å². The third-order valence-electron chi connectivity index (χ3n) is 3.18. The minimum Gasteiger partial charge on any atom is -0.481 e. The number of benzene rings is 1. The molecule has 0 bridgehead atoms. The Bertz CT molecular complexity index is 625. The van der Waals surface area contributed by atoms with Crippen LogP contribution in [0.5, 0.6) is 0 Å². The number of tetrazole rings is 1. The van der Waals surface area contributed by atoms with Crippen molar-refractivity contribution in [2.45, 2.75) is 32.2 Å². The lowest BCUT2D eigenvalue weighted by atomic mass is 10.1. The quantitative estimate of drug-likeness (QED) is 0.881. The Hall–Kier alpha value is -2.38. The van der Waals surface area contributed by atoms with Crippen molar-refractivity contribution in [1.29, 1.82) is 0 Å². The van der Waals surface area contributed by atoms with Crippen LogP contribution in [0.15, 0.2) is 18.2 Å². The van der Waals surface area contributed by atoms with E-state index in [0.717, 1.165) is 12.1 Å². The van der Waals surface area contributed by atoms with Gasteiger partial charge in [0.1, 0.15) is 11.6 Å². The summed E-state index contributed by atoms with van der Waals surface area (Å²) in [6.07, 6.45) is 0.194. The number of nitrogens with zero attached hydrogens (tertiary/aromatic N) is 4. The number of rotatable bonds is 6. The fourth-order valence-electron chi connectivity index (χ4n) is 2.08. The highest BCUT2D eigenvalue weighted by Gasteiger charge is 2.20. The maximum absolute atomic E-state index is 13.7. The van der Waals surface area contributed by atoms with Gasteiger partial charge >= 0.3 is 5.97 Å². The summed E-state index contributed by atoms with van der Waals surface area (Å²) in [7, 11) is 0. The Morgan fingerprint density at radius 1 is 1.38 bits per heavy atom. The second-order valence-corrected chi connectivity index (χ2v) is 4.58. The zero-order valence-corrected chi connectivity index (χ0v) is 11.3. The molecule has 0 aliphatic rings. The summed E-state index contributed by atoms with van der Waals surface area (Å²) in [6, 6.07) is 3.13. The highest BCUT2D eigenvalue weighted by atomic mass is 19.1. The van der Waals surface area contributed by atoms with Gasteiger partial charge in [-0.3, -0.25) is 4.79 Å². The number of aliphatic carboxylic acids is 1. The van der Waals surface area contributed by atoms with Crippen molar-refractivity contribution < 1.29 is 18.7 Å². The molecule has 0 amide bonds. The van der Waals surface area contributed by atoms with Gasteiger partial charge in [0.15, 0.2) is 5.82 Å². The van der Waals surface area contributed by atoms with E-state index in [2.05, 4.69) is 15.5 Å². The molecule has 8 heteroatoms. The van der Waals surface area contributed by atoms with Gasteiger partial charge in [-0.25, -0.2) is 13.5 Å². The standard InChI is InChI=1S/C13H14F2N4O2/c1-2-8(6-13(20)21)19-12(16-17-18-19)7-9-10(14)4-3-5-11(9)15/h3-5,8H,2,6-7H2,1H3,(H,20,21). The number of carboxylic acid groups (broad SMARTS) is 1. The average molecular weight is 296 g/mol. The molecule has 1 heterocycles. The third kappa shape index (κ3) is 3.39. The Kier molecular flexibility index (Phi) is 4.56. The van der Waals surface area contributed by atoms with Gasteiger partial charge in [-0.2, -0.15) is 0 Å². The van der Waals surface area contributed by atoms with Gasteiger partial charge in [0.05, 0.1) is 12.5 Å². The van der Waals surface area contributed by atoms with Gasteiger partial charge in [0, 0.05) is 12.0 Å². The van der Waals surface area contributed by atoms with E-state index in [1.807, 2.05) is 0 Å². The second-order valence-electron chi connectivity index (χ2n) is 4.58. The SMILES string of the molecule is CCC(CC(=O)O)n1nnnc1Cc1c(F)cccc1F. The fraction of sp³-hybridized carbons (Fsp3) is 0.385. The zero-order chi connectivity index (χ0) is 15.4. The molecule has 0 fully saturated rings. The van der Waals surface area contributed by atoms with Crippen molar-refractivity contribution in [3.63, 3.8) is 0 Å². The summed E-state index contributed by atoms with van der Waals surface area (Å²) in [4.78, 5) is 10.8. The number of halogens is 2. The molecule has 0 saturated carbocycles. The van der Waals surface area contributed by atoms with E-state index < -0.39 is 23.6 Å². The van der Waals surface area contributed by atoms with E-state index in [4.69, 9.17) is 5.11 Å². The molecule has 1 atom stereocenters. The molecule has 0 saturated heterocycles. The first-order chi connectivity index (χ1) is 10.0. The molecular formula is C13H14F2N4O2. The molecule has 0 radical (unpaired) electrons. The maximum atomic E-state index is 13.7. The molecule has 2 aromatic rings. The van der Waals surface area contributed by atoms with Crippen molar-refractivity contribution in [2.24, 2.45) is 0 Å². The molecule has 112 valence electrons. The van der Waals surface area contributed by atoms with Crippen LogP contribution in [0.4, 0.5) is 8.78 Å². The van der Waals surface area contributed by atoms with Gasteiger partial charge in [-0.1, -0.05) is 13.0 Å². The lowest BCUT2D eigenvalue weighted by Gasteiger charge is -2.14. The second kappa shape index (κ2) is 6.38. The molecule has 6 nitrogen and oxygen atoms in total. The van der Waals surface area contributed by atoms with E-state index in [1.165, 1.54) is 10.7 Å². The molecular weight excluding hydrogens is 282 g/mol. The number of aromatic nitrogens is 4. The monoisotopic (exact) mass is 296 g/mol. The minimum absolute atomic E-state index is 0.137. The smallest absolute Gasteiger partial charge is 0.305 e. The fourth-order valence-corrected chi connectivity index (χ4v) is 2.08. The Morgan fingerprint density at radius 3 is 2.62 bits per heavy atom. The van der Waals surface area contributed by atoms with Crippen LogP contribution in [0.25, 0.3) is 0 Å². The number of carboxylic acids is 1. The predicted molar refractivity (Wildman–Crippen MR) is 68.6 cm³/mol. The molecule has 1 aromatic carbocycles. The Balaban J connectivity index is 2.30. The van der Waals surface area contributed by atoms with Crippen LogP contribution >= 0.6 is 0 Å². The molecule has 0 aliphatic heterocycles. The van der Waals surface area contributed by atoms with E-state index >= 15 is 0 Å². The molecule has 2 rings (SSSR count). The van der Waals surface area contributed by atoms with Crippen molar-refractivity contribution in [2.75, 3.05) is 0 Å². The van der Waals surface area contributed by atoms with Gasteiger partial charge in [0.2, 0.25) is 0 Å². The Morgan fingerprint density at radius 2 is 2.05 bits per heavy atom. The zero-order valence-electron chi connectivity index (χ0n) is 11.3. The first-order valence-electron chi connectivity index (χ1n) is 6.44. The lowest BCUT2D eigenvalue weighted by molar-refractivity contribution is -0.138. The predicted octanol–water partition coefficient (Wildman–Crippen LogP) is 1.97. The number of hydrogen-bond acceptors (Lipinski definition) is 4. The summed E-state index contributed by atoms with van der Waals surface area (Å²) in [5.41, 5.74) is -0.140. The van der Waals surface area contributed by atoms with Crippen LogP contribution in [-0.2, 0) is 11.2 Å². The van der Waals surface area contributed by atoms with E-state index in [9.17, 15) is 13.6 Å². The van der Waals surface area contributed by atoms with Gasteiger partial charge in [0.25, 0.3) is 0 Å². The van der Waals surface area contributed by atoms with Crippen molar-refractivity contribution in [3.8, 4) is 0 Å². The van der Waals surface area contributed by atoms with Crippen LogP contribution in [0.3, 0.4) is 0 Å². The highest BCUT2D eigenvalue weighted by Crippen LogP contribution is 2.20. The largest absolute Gasteiger partial charge is 0.481 e. The minimum atomic E-state index is -0.986. The highest BCUT2D eigenvalue weighted by molar-refractivity contribution is 5.67. The van der Waals surface area contributed by atoms with E-state index in [1.54, 1.807) is 6.92 Å².